The summed E-state index contributed by atoms with van der Waals surface area (Å²) in [5.41, 5.74) is 21.5. The Kier molecular flexibility index (Phi) is 4.51. The van der Waals surface area contributed by atoms with E-state index < -0.39 is 33.0 Å². The molecule has 0 amide bonds. The molecule has 0 radical (unpaired) electrons. The zero-order valence-electron chi connectivity index (χ0n) is 17.7. The molecule has 8 atom stereocenters. The molecule has 0 aromatic rings. The van der Waals surface area contributed by atoms with Gasteiger partial charge >= 0.3 is 0 Å². The first-order chi connectivity index (χ1) is 11.4. The molecule has 5 nitrogen and oxygen atoms in total. The number of ketones is 1. The van der Waals surface area contributed by atoms with Crippen molar-refractivity contribution in [3.05, 3.63) is 24.3 Å². The number of Topliss-reactive ketones (excluding diaryl/α,β-unsaturated/α-hetero) is 1. The average molecular weight is 363 g/mol. The SMILES string of the molecule is CC1C=CC(C)(C(=O)C2(C)C=CC(C)C(C)(N)C2(C)N)C(C)(N)C1(C)N. The Morgan fingerprint density at radius 1 is 0.692 bits per heavy atom. The second kappa shape index (κ2) is 5.51. The van der Waals surface area contributed by atoms with Gasteiger partial charge in [-0.1, -0.05) is 38.2 Å². The third-order valence-electron chi connectivity index (χ3n) is 8.67. The maximum Gasteiger partial charge on any atom is 0.155 e. The summed E-state index contributed by atoms with van der Waals surface area (Å²) in [6.45, 7) is 15.4. The number of carbonyl (C=O) groups excluding carboxylic acids is 1. The Bertz CT molecular complexity index is 617. The lowest BCUT2D eigenvalue weighted by atomic mass is 9.46. The molecule has 148 valence electrons. The topological polar surface area (TPSA) is 121 Å². The van der Waals surface area contributed by atoms with Crippen molar-refractivity contribution in [2.24, 2.45) is 45.6 Å². The first-order valence-corrected chi connectivity index (χ1v) is 9.50. The predicted octanol–water partition coefficient (Wildman–Crippen LogP) is 1.85. The fraction of sp³-hybridized carbons (Fsp3) is 0.762. The highest BCUT2D eigenvalue weighted by Gasteiger charge is 2.66. The largest absolute Gasteiger partial charge is 0.323 e. The quantitative estimate of drug-likeness (QED) is 0.559. The molecule has 0 aromatic heterocycles. The molecule has 0 saturated heterocycles. The Labute approximate surface area is 158 Å². The van der Waals surface area contributed by atoms with Crippen LogP contribution in [0.4, 0.5) is 0 Å². The lowest BCUT2D eigenvalue weighted by Crippen LogP contribution is -2.80. The fourth-order valence-electron chi connectivity index (χ4n) is 4.65. The molecule has 5 heteroatoms. The molecule has 0 bridgehead atoms. The van der Waals surface area contributed by atoms with Gasteiger partial charge in [0.15, 0.2) is 5.78 Å². The van der Waals surface area contributed by atoms with E-state index in [2.05, 4.69) is 0 Å². The number of hydrogen-bond acceptors (Lipinski definition) is 5. The molecular formula is C21H38N4O. The van der Waals surface area contributed by atoms with Crippen molar-refractivity contribution >= 4 is 5.78 Å². The van der Waals surface area contributed by atoms with Crippen molar-refractivity contribution in [2.45, 2.75) is 77.5 Å². The Balaban J connectivity index is 2.68. The van der Waals surface area contributed by atoms with E-state index in [1.807, 2.05) is 79.7 Å². The molecule has 0 spiro atoms. The monoisotopic (exact) mass is 362 g/mol. The highest BCUT2D eigenvalue weighted by atomic mass is 16.1. The minimum Gasteiger partial charge on any atom is -0.323 e. The summed E-state index contributed by atoms with van der Waals surface area (Å²) < 4.78 is 0. The van der Waals surface area contributed by atoms with E-state index in [0.717, 1.165) is 0 Å². The summed E-state index contributed by atoms with van der Waals surface area (Å²) in [6, 6.07) is 0. The number of rotatable bonds is 2. The van der Waals surface area contributed by atoms with Gasteiger partial charge in [-0.2, -0.15) is 0 Å². The van der Waals surface area contributed by atoms with Crippen molar-refractivity contribution in [3.63, 3.8) is 0 Å². The Hall–Kier alpha value is -1.01. The van der Waals surface area contributed by atoms with Gasteiger partial charge in [-0.25, -0.2) is 0 Å². The maximum absolute atomic E-state index is 14.0. The van der Waals surface area contributed by atoms with Gasteiger partial charge in [0.25, 0.3) is 0 Å². The minimum atomic E-state index is -0.973. The zero-order valence-corrected chi connectivity index (χ0v) is 17.7. The minimum absolute atomic E-state index is 0.0420. The van der Waals surface area contributed by atoms with E-state index >= 15 is 0 Å². The molecule has 0 fully saturated rings. The molecule has 2 aliphatic rings. The van der Waals surface area contributed by atoms with Crippen molar-refractivity contribution in [3.8, 4) is 0 Å². The van der Waals surface area contributed by atoms with Crippen LogP contribution < -0.4 is 22.9 Å². The molecule has 8 N–H and O–H groups in total. The predicted molar refractivity (Wildman–Crippen MR) is 108 cm³/mol. The smallest absolute Gasteiger partial charge is 0.155 e. The van der Waals surface area contributed by atoms with E-state index in [4.69, 9.17) is 22.9 Å². The zero-order chi connectivity index (χ0) is 20.6. The molecule has 0 saturated carbocycles. The van der Waals surface area contributed by atoms with Gasteiger partial charge < -0.3 is 22.9 Å². The van der Waals surface area contributed by atoms with Crippen LogP contribution in [-0.2, 0) is 4.79 Å². The van der Waals surface area contributed by atoms with Crippen LogP contribution >= 0.6 is 0 Å². The van der Waals surface area contributed by atoms with Gasteiger partial charge in [0.1, 0.15) is 0 Å². The van der Waals surface area contributed by atoms with Crippen LogP contribution in [0.25, 0.3) is 0 Å². The third kappa shape index (κ3) is 2.21. The van der Waals surface area contributed by atoms with Gasteiger partial charge in [-0.3, -0.25) is 4.79 Å². The van der Waals surface area contributed by atoms with Crippen LogP contribution in [0.2, 0.25) is 0 Å². The van der Waals surface area contributed by atoms with Crippen molar-refractivity contribution in [1.82, 2.24) is 0 Å². The number of hydrogen-bond donors (Lipinski definition) is 4. The molecule has 8 unspecified atom stereocenters. The molecule has 2 aliphatic carbocycles. The average Bonchev–Trinajstić information content (AvgIpc) is 2.52. The molecule has 0 aliphatic heterocycles. The first kappa shape index (κ1) is 21.3. The molecule has 0 heterocycles. The fourth-order valence-corrected chi connectivity index (χ4v) is 4.65. The number of nitrogens with two attached hydrogens (primary N) is 4. The van der Waals surface area contributed by atoms with Crippen LogP contribution in [0, 0.1) is 22.7 Å². The second-order valence-electron chi connectivity index (χ2n) is 10.00. The number of carbonyl (C=O) groups is 1. The van der Waals surface area contributed by atoms with E-state index in [1.54, 1.807) is 0 Å². The van der Waals surface area contributed by atoms with Crippen molar-refractivity contribution in [2.75, 3.05) is 0 Å². The normalized spacial score (nSPS) is 57.2. The lowest BCUT2D eigenvalue weighted by Gasteiger charge is -2.61. The van der Waals surface area contributed by atoms with Crippen LogP contribution in [0.15, 0.2) is 24.3 Å². The highest BCUT2D eigenvalue weighted by molar-refractivity contribution is 5.96. The van der Waals surface area contributed by atoms with E-state index in [0.29, 0.717) is 0 Å². The Morgan fingerprint density at radius 3 is 1.23 bits per heavy atom. The molecule has 0 aromatic carbocycles. The van der Waals surface area contributed by atoms with Crippen LogP contribution in [0.5, 0.6) is 0 Å². The van der Waals surface area contributed by atoms with Crippen LogP contribution in [-0.4, -0.2) is 27.9 Å². The summed E-state index contributed by atoms with van der Waals surface area (Å²) in [5, 5.41) is 0. The standard InChI is InChI=1S/C21H38N4O/c1-13-9-11-16(3,20(7,24)18(13,5)22)15(26)17(4)12-10-14(2)19(6,23)21(17,8)25/h9-14H,22-25H2,1-8H3. The van der Waals surface area contributed by atoms with E-state index in [1.165, 1.54) is 0 Å². The summed E-state index contributed by atoms with van der Waals surface area (Å²) in [5.74, 6) is 0.0638. The van der Waals surface area contributed by atoms with Crippen LogP contribution in [0.3, 0.4) is 0 Å². The van der Waals surface area contributed by atoms with Crippen LogP contribution in [0.1, 0.15) is 55.4 Å². The lowest BCUT2D eigenvalue weighted by molar-refractivity contribution is -0.144. The van der Waals surface area contributed by atoms with E-state index in [9.17, 15) is 4.79 Å². The van der Waals surface area contributed by atoms with E-state index in [-0.39, 0.29) is 17.6 Å². The van der Waals surface area contributed by atoms with Gasteiger partial charge in [0.2, 0.25) is 0 Å². The second-order valence-corrected chi connectivity index (χ2v) is 10.00. The van der Waals surface area contributed by atoms with Gasteiger partial charge in [0, 0.05) is 22.2 Å². The van der Waals surface area contributed by atoms with Gasteiger partial charge in [-0.05, 0) is 53.4 Å². The van der Waals surface area contributed by atoms with Gasteiger partial charge in [-0.15, -0.1) is 0 Å². The van der Waals surface area contributed by atoms with Gasteiger partial charge in [0.05, 0.1) is 10.8 Å². The van der Waals surface area contributed by atoms with Crippen molar-refractivity contribution < 1.29 is 4.79 Å². The summed E-state index contributed by atoms with van der Waals surface area (Å²) >= 11 is 0. The maximum atomic E-state index is 14.0. The Morgan fingerprint density at radius 2 is 0.962 bits per heavy atom. The van der Waals surface area contributed by atoms with Crippen molar-refractivity contribution in [1.29, 1.82) is 0 Å². The molecule has 2 rings (SSSR count). The molecule has 26 heavy (non-hydrogen) atoms. The summed E-state index contributed by atoms with van der Waals surface area (Å²) in [4.78, 5) is 14.0. The summed E-state index contributed by atoms with van der Waals surface area (Å²) in [7, 11) is 0. The third-order valence-corrected chi connectivity index (χ3v) is 8.67. The first-order valence-electron chi connectivity index (χ1n) is 9.50. The summed E-state index contributed by atoms with van der Waals surface area (Å²) in [6.07, 6.45) is 7.85. The molecular weight excluding hydrogens is 324 g/mol. The highest BCUT2D eigenvalue weighted by Crippen LogP contribution is 2.54.